The summed E-state index contributed by atoms with van der Waals surface area (Å²) in [5.74, 6) is 0.385. The van der Waals surface area contributed by atoms with Crippen LogP contribution in [-0.4, -0.2) is 47.6 Å². The van der Waals surface area contributed by atoms with Gasteiger partial charge in [0.25, 0.3) is 0 Å². The predicted molar refractivity (Wildman–Crippen MR) is 82.4 cm³/mol. The number of halogens is 1. The Morgan fingerprint density at radius 1 is 1.47 bits per heavy atom. The summed E-state index contributed by atoms with van der Waals surface area (Å²) in [5.41, 5.74) is 0.989. The van der Waals surface area contributed by atoms with Crippen LogP contribution in [0, 0.1) is 0 Å². The fourth-order valence-electron chi connectivity index (χ4n) is 2.74. The molecule has 1 saturated heterocycles. The van der Waals surface area contributed by atoms with E-state index in [-0.39, 0.29) is 0 Å². The van der Waals surface area contributed by atoms with Gasteiger partial charge < -0.3 is 10.0 Å². The van der Waals surface area contributed by atoms with Crippen LogP contribution in [-0.2, 0) is 6.54 Å². The highest BCUT2D eigenvalue weighted by Crippen LogP contribution is 2.26. The van der Waals surface area contributed by atoms with Crippen LogP contribution in [0.5, 0.6) is 5.75 Å². The van der Waals surface area contributed by atoms with E-state index in [1.54, 1.807) is 6.07 Å². The van der Waals surface area contributed by atoms with Gasteiger partial charge in [-0.1, -0.05) is 15.9 Å². The quantitative estimate of drug-likeness (QED) is 0.924. The maximum absolute atomic E-state index is 9.92. The second kappa shape index (κ2) is 6.25. The van der Waals surface area contributed by atoms with Crippen molar-refractivity contribution in [2.24, 2.45) is 0 Å². The average Bonchev–Trinajstić information content (AvgIpc) is 2.37. The molecule has 4 heteroatoms. The Kier molecular flexibility index (Phi) is 4.87. The van der Waals surface area contributed by atoms with Crippen LogP contribution in [0.15, 0.2) is 22.7 Å². The molecule has 2 unspecified atom stereocenters. The SMILES string of the molecule is CC1CC(N(C)Cc2cc(Br)ccc2O)CCN1C. The summed E-state index contributed by atoms with van der Waals surface area (Å²) in [6.45, 7) is 4.24. The van der Waals surface area contributed by atoms with Crippen molar-refractivity contribution in [1.82, 2.24) is 9.80 Å². The Hall–Kier alpha value is -0.580. The molecule has 0 amide bonds. The number of hydrogen-bond donors (Lipinski definition) is 1. The van der Waals surface area contributed by atoms with Gasteiger partial charge in [-0.25, -0.2) is 0 Å². The molecule has 1 aromatic rings. The number of aromatic hydroxyl groups is 1. The number of hydrogen-bond acceptors (Lipinski definition) is 3. The van der Waals surface area contributed by atoms with Gasteiger partial charge in [0.1, 0.15) is 5.75 Å². The molecule has 0 saturated carbocycles. The molecule has 0 aromatic heterocycles. The maximum Gasteiger partial charge on any atom is 0.120 e. The lowest BCUT2D eigenvalue weighted by molar-refractivity contribution is 0.100. The first kappa shape index (κ1) is 14.8. The number of likely N-dealkylation sites (tertiary alicyclic amines) is 1. The van der Waals surface area contributed by atoms with Crippen LogP contribution in [0.2, 0.25) is 0 Å². The zero-order chi connectivity index (χ0) is 14.0. The van der Waals surface area contributed by atoms with Crippen LogP contribution in [0.4, 0.5) is 0 Å². The molecular formula is C15H23BrN2O. The molecule has 0 aliphatic carbocycles. The second-order valence-corrected chi connectivity index (χ2v) is 6.61. The number of benzene rings is 1. The first-order valence-electron chi connectivity index (χ1n) is 6.85. The van der Waals surface area contributed by atoms with Crippen LogP contribution in [0.25, 0.3) is 0 Å². The molecule has 2 rings (SSSR count). The minimum absolute atomic E-state index is 0.385. The normalized spacial score (nSPS) is 24.9. The van der Waals surface area contributed by atoms with Crippen LogP contribution < -0.4 is 0 Å². The van der Waals surface area contributed by atoms with E-state index in [1.165, 1.54) is 12.8 Å². The van der Waals surface area contributed by atoms with Crippen LogP contribution >= 0.6 is 15.9 Å². The summed E-state index contributed by atoms with van der Waals surface area (Å²) < 4.78 is 1.02. The third-order valence-corrected chi connectivity index (χ3v) is 4.76. The lowest BCUT2D eigenvalue weighted by Gasteiger charge is -2.39. The van der Waals surface area contributed by atoms with E-state index >= 15 is 0 Å². The predicted octanol–water partition coefficient (Wildman–Crippen LogP) is 3.07. The van der Waals surface area contributed by atoms with Gasteiger partial charge in [0.2, 0.25) is 0 Å². The van der Waals surface area contributed by atoms with E-state index in [4.69, 9.17) is 0 Å². The number of nitrogens with zero attached hydrogens (tertiary/aromatic N) is 2. The van der Waals surface area contributed by atoms with Crippen molar-refractivity contribution in [2.75, 3.05) is 20.6 Å². The van der Waals surface area contributed by atoms with E-state index in [2.05, 4.69) is 46.7 Å². The van der Waals surface area contributed by atoms with Crippen molar-refractivity contribution in [3.63, 3.8) is 0 Å². The van der Waals surface area contributed by atoms with E-state index < -0.39 is 0 Å². The Balaban J connectivity index is 2.01. The van der Waals surface area contributed by atoms with Crippen molar-refractivity contribution in [3.8, 4) is 5.75 Å². The molecule has 106 valence electrons. The number of rotatable bonds is 3. The van der Waals surface area contributed by atoms with Gasteiger partial charge in [-0.2, -0.15) is 0 Å². The van der Waals surface area contributed by atoms with Gasteiger partial charge in [-0.05, 0) is 58.6 Å². The van der Waals surface area contributed by atoms with Gasteiger partial charge in [0.15, 0.2) is 0 Å². The Bertz CT molecular complexity index is 438. The monoisotopic (exact) mass is 326 g/mol. The van der Waals surface area contributed by atoms with Crippen LogP contribution in [0.1, 0.15) is 25.3 Å². The van der Waals surface area contributed by atoms with Crippen LogP contribution in [0.3, 0.4) is 0 Å². The fourth-order valence-corrected chi connectivity index (χ4v) is 3.15. The van der Waals surface area contributed by atoms with Gasteiger partial charge in [0, 0.05) is 28.7 Å². The summed E-state index contributed by atoms with van der Waals surface area (Å²) in [6, 6.07) is 6.87. The molecule has 1 N–H and O–H groups in total. The third kappa shape index (κ3) is 3.71. The molecule has 2 atom stereocenters. The molecule has 3 nitrogen and oxygen atoms in total. The van der Waals surface area contributed by atoms with Crippen molar-refractivity contribution in [3.05, 3.63) is 28.2 Å². The standard InChI is InChI=1S/C15H23BrN2O/c1-11-8-14(6-7-17(11)2)18(3)10-12-9-13(16)4-5-15(12)19/h4-5,9,11,14,19H,6-8,10H2,1-3H3. The molecule has 1 heterocycles. The minimum atomic E-state index is 0.385. The molecule has 0 bridgehead atoms. The van der Waals surface area contributed by atoms with Gasteiger partial charge in [-0.15, -0.1) is 0 Å². The first-order valence-corrected chi connectivity index (χ1v) is 7.64. The van der Waals surface area contributed by atoms with Crippen molar-refractivity contribution < 1.29 is 5.11 Å². The molecule has 0 radical (unpaired) electrons. The molecule has 1 aliphatic rings. The molecule has 1 aromatic carbocycles. The molecule has 1 aliphatic heterocycles. The minimum Gasteiger partial charge on any atom is -0.508 e. The summed E-state index contributed by atoms with van der Waals surface area (Å²) >= 11 is 3.46. The third-order valence-electron chi connectivity index (χ3n) is 4.27. The summed E-state index contributed by atoms with van der Waals surface area (Å²) in [5, 5.41) is 9.92. The second-order valence-electron chi connectivity index (χ2n) is 5.70. The zero-order valence-electron chi connectivity index (χ0n) is 11.9. The Morgan fingerprint density at radius 3 is 2.89 bits per heavy atom. The first-order chi connectivity index (χ1) is 8.97. The topological polar surface area (TPSA) is 26.7 Å². The van der Waals surface area contributed by atoms with E-state index in [9.17, 15) is 5.11 Å². The lowest BCUT2D eigenvalue weighted by Crippen LogP contribution is -2.46. The molecule has 1 fully saturated rings. The lowest BCUT2D eigenvalue weighted by atomic mass is 9.97. The number of piperidine rings is 1. The zero-order valence-corrected chi connectivity index (χ0v) is 13.5. The summed E-state index contributed by atoms with van der Waals surface area (Å²) in [7, 11) is 4.35. The van der Waals surface area contributed by atoms with E-state index in [0.29, 0.717) is 17.8 Å². The summed E-state index contributed by atoms with van der Waals surface area (Å²) in [4.78, 5) is 4.78. The highest BCUT2D eigenvalue weighted by molar-refractivity contribution is 9.10. The fraction of sp³-hybridized carbons (Fsp3) is 0.600. The van der Waals surface area contributed by atoms with Crippen molar-refractivity contribution >= 4 is 15.9 Å². The van der Waals surface area contributed by atoms with E-state index in [1.807, 2.05) is 12.1 Å². The average molecular weight is 327 g/mol. The molecule has 19 heavy (non-hydrogen) atoms. The molecule has 0 spiro atoms. The van der Waals surface area contributed by atoms with Gasteiger partial charge in [0.05, 0.1) is 0 Å². The summed E-state index contributed by atoms with van der Waals surface area (Å²) in [6.07, 6.45) is 2.40. The smallest absolute Gasteiger partial charge is 0.120 e. The molecular weight excluding hydrogens is 304 g/mol. The Morgan fingerprint density at radius 2 is 2.21 bits per heavy atom. The number of phenolic OH excluding ortho intramolecular Hbond substituents is 1. The maximum atomic E-state index is 9.92. The highest BCUT2D eigenvalue weighted by atomic mass is 79.9. The highest BCUT2D eigenvalue weighted by Gasteiger charge is 2.25. The largest absolute Gasteiger partial charge is 0.508 e. The number of phenols is 1. The van der Waals surface area contributed by atoms with Crippen molar-refractivity contribution in [2.45, 2.75) is 38.4 Å². The van der Waals surface area contributed by atoms with E-state index in [0.717, 1.165) is 23.1 Å². The Labute approximate surface area is 124 Å². The van der Waals surface area contributed by atoms with Crippen molar-refractivity contribution in [1.29, 1.82) is 0 Å². The van der Waals surface area contributed by atoms with Gasteiger partial charge in [-0.3, -0.25) is 4.90 Å². The van der Waals surface area contributed by atoms with Gasteiger partial charge >= 0.3 is 0 Å².